The molecule has 0 atom stereocenters. The molecule has 1 aromatic rings. The number of imide groups is 1. The number of aliphatic carboxylic acids is 1. The lowest BCUT2D eigenvalue weighted by Crippen LogP contribution is -2.38. The first-order valence-corrected chi connectivity index (χ1v) is 5.27. The number of nitrogens with zero attached hydrogens (tertiary/aromatic N) is 1. The zero-order valence-corrected chi connectivity index (χ0v) is 9.87. The summed E-state index contributed by atoms with van der Waals surface area (Å²) in [5, 5.41) is 8.60. The molecule has 0 radical (unpaired) electrons. The number of amides is 2. The van der Waals surface area contributed by atoms with Crippen LogP contribution in [0, 0.1) is 0 Å². The predicted molar refractivity (Wildman–Crippen MR) is 65.5 cm³/mol. The first-order chi connectivity index (χ1) is 8.50. The van der Waals surface area contributed by atoms with Gasteiger partial charge < -0.3 is 5.11 Å². The summed E-state index contributed by atoms with van der Waals surface area (Å²) in [6.07, 6.45) is 2.71. The van der Waals surface area contributed by atoms with Gasteiger partial charge in [-0.2, -0.15) is 0 Å². The Labute approximate surface area is 104 Å². The van der Waals surface area contributed by atoms with Gasteiger partial charge in [0.25, 0.3) is 5.91 Å². The first kappa shape index (κ1) is 13.6. The number of carboxylic acid groups (broad SMARTS) is 1. The van der Waals surface area contributed by atoms with E-state index in [1.165, 1.54) is 12.2 Å². The summed E-state index contributed by atoms with van der Waals surface area (Å²) in [5.41, 5.74) is 0.796. The van der Waals surface area contributed by atoms with E-state index in [4.69, 9.17) is 5.11 Å². The molecule has 94 valence electrons. The van der Waals surface area contributed by atoms with Crippen LogP contribution in [0.2, 0.25) is 0 Å². The van der Waals surface area contributed by atoms with Crippen LogP contribution in [0.25, 0.3) is 6.08 Å². The fourth-order valence-corrected chi connectivity index (χ4v) is 1.30. The molecule has 1 aromatic carbocycles. The Morgan fingerprint density at radius 1 is 1.22 bits per heavy atom. The van der Waals surface area contributed by atoms with Gasteiger partial charge in [-0.1, -0.05) is 30.3 Å². The van der Waals surface area contributed by atoms with Gasteiger partial charge in [-0.25, -0.2) is 0 Å². The fourth-order valence-electron chi connectivity index (χ4n) is 1.30. The highest BCUT2D eigenvalue weighted by Crippen LogP contribution is 2.02. The van der Waals surface area contributed by atoms with Crippen molar-refractivity contribution in [2.24, 2.45) is 0 Å². The third-order valence-electron chi connectivity index (χ3n) is 2.16. The molecule has 0 bridgehead atoms. The van der Waals surface area contributed by atoms with Crippen LogP contribution in [0.4, 0.5) is 0 Å². The largest absolute Gasteiger partial charge is 0.480 e. The van der Waals surface area contributed by atoms with Crippen molar-refractivity contribution in [3.05, 3.63) is 42.0 Å². The van der Waals surface area contributed by atoms with Crippen LogP contribution in [0.1, 0.15) is 12.5 Å². The van der Waals surface area contributed by atoms with Crippen LogP contribution in [0.5, 0.6) is 0 Å². The number of carboxylic acids is 1. The smallest absolute Gasteiger partial charge is 0.323 e. The van der Waals surface area contributed by atoms with Crippen molar-refractivity contribution in [1.29, 1.82) is 0 Å². The number of rotatable bonds is 4. The van der Waals surface area contributed by atoms with Gasteiger partial charge in [0.15, 0.2) is 0 Å². The number of carbonyl (C=O) groups excluding carboxylic acids is 2. The molecule has 0 aliphatic carbocycles. The van der Waals surface area contributed by atoms with Crippen molar-refractivity contribution >= 4 is 23.9 Å². The molecule has 0 saturated heterocycles. The summed E-state index contributed by atoms with van der Waals surface area (Å²) in [6, 6.07) is 9.04. The van der Waals surface area contributed by atoms with E-state index in [-0.39, 0.29) is 0 Å². The fraction of sp³-hybridized carbons (Fsp3) is 0.154. The van der Waals surface area contributed by atoms with Crippen molar-refractivity contribution in [2.75, 3.05) is 6.54 Å². The van der Waals surface area contributed by atoms with E-state index in [2.05, 4.69) is 0 Å². The van der Waals surface area contributed by atoms with Crippen LogP contribution in [-0.2, 0) is 14.4 Å². The quantitative estimate of drug-likeness (QED) is 0.810. The summed E-state index contributed by atoms with van der Waals surface area (Å²) in [5.74, 6) is -2.47. The van der Waals surface area contributed by atoms with Crippen molar-refractivity contribution in [2.45, 2.75) is 6.92 Å². The molecule has 2 amide bonds. The molecule has 0 saturated carbocycles. The van der Waals surface area contributed by atoms with Crippen molar-refractivity contribution in [3.63, 3.8) is 0 Å². The number of hydrogen-bond acceptors (Lipinski definition) is 3. The average molecular weight is 247 g/mol. The topological polar surface area (TPSA) is 74.7 Å². The number of hydrogen-bond donors (Lipinski definition) is 1. The van der Waals surface area contributed by atoms with Gasteiger partial charge >= 0.3 is 5.97 Å². The molecule has 0 aliphatic rings. The van der Waals surface area contributed by atoms with E-state index in [9.17, 15) is 14.4 Å². The molecule has 0 aromatic heterocycles. The third kappa shape index (κ3) is 4.21. The molecule has 0 aliphatic heterocycles. The number of benzene rings is 1. The van der Waals surface area contributed by atoms with E-state index in [0.717, 1.165) is 12.5 Å². The molecule has 0 spiro atoms. The summed E-state index contributed by atoms with van der Waals surface area (Å²) in [7, 11) is 0. The maximum absolute atomic E-state index is 11.6. The van der Waals surface area contributed by atoms with E-state index >= 15 is 0 Å². The minimum atomic E-state index is -1.23. The summed E-state index contributed by atoms with van der Waals surface area (Å²) >= 11 is 0. The lowest BCUT2D eigenvalue weighted by molar-refractivity contribution is -0.149. The second kappa shape index (κ2) is 6.34. The Kier molecular flexibility index (Phi) is 4.80. The van der Waals surface area contributed by atoms with Gasteiger partial charge in [-0.15, -0.1) is 0 Å². The van der Waals surface area contributed by atoms with Crippen molar-refractivity contribution < 1.29 is 19.5 Å². The average Bonchev–Trinajstić information content (AvgIpc) is 2.34. The minimum absolute atomic E-state index is 0.597. The Hall–Kier alpha value is -2.43. The van der Waals surface area contributed by atoms with Crippen LogP contribution < -0.4 is 0 Å². The molecule has 1 N–H and O–H groups in total. The third-order valence-corrected chi connectivity index (χ3v) is 2.16. The molecule has 0 fully saturated rings. The zero-order valence-electron chi connectivity index (χ0n) is 9.87. The molecule has 1 rings (SSSR count). The van der Waals surface area contributed by atoms with Gasteiger partial charge in [0.05, 0.1) is 0 Å². The summed E-state index contributed by atoms with van der Waals surface area (Å²) in [6.45, 7) is 0.518. The van der Waals surface area contributed by atoms with E-state index in [1.54, 1.807) is 12.1 Å². The normalized spacial score (nSPS) is 10.3. The predicted octanol–water partition coefficient (Wildman–Crippen LogP) is 1.16. The Morgan fingerprint density at radius 2 is 1.83 bits per heavy atom. The molecule has 18 heavy (non-hydrogen) atoms. The van der Waals surface area contributed by atoms with E-state index in [0.29, 0.717) is 4.90 Å². The van der Waals surface area contributed by atoms with E-state index < -0.39 is 24.3 Å². The lowest BCUT2D eigenvalue weighted by Gasteiger charge is -2.14. The Morgan fingerprint density at radius 3 is 2.33 bits per heavy atom. The van der Waals surface area contributed by atoms with Gasteiger partial charge in [-0.05, 0) is 11.6 Å². The lowest BCUT2D eigenvalue weighted by atomic mass is 10.2. The monoisotopic (exact) mass is 247 g/mol. The minimum Gasteiger partial charge on any atom is -0.480 e. The molecule has 0 heterocycles. The Balaban J connectivity index is 2.76. The van der Waals surface area contributed by atoms with Crippen LogP contribution in [-0.4, -0.2) is 34.3 Å². The number of carbonyl (C=O) groups is 3. The highest BCUT2D eigenvalue weighted by atomic mass is 16.4. The maximum atomic E-state index is 11.6. The highest BCUT2D eigenvalue weighted by Gasteiger charge is 2.18. The molecule has 5 nitrogen and oxygen atoms in total. The molecule has 0 unspecified atom stereocenters. The van der Waals surface area contributed by atoms with Crippen LogP contribution >= 0.6 is 0 Å². The molecular formula is C13H13NO4. The van der Waals surface area contributed by atoms with E-state index in [1.807, 2.05) is 18.2 Å². The summed E-state index contributed by atoms with van der Waals surface area (Å²) < 4.78 is 0. The van der Waals surface area contributed by atoms with Crippen LogP contribution in [0.15, 0.2) is 36.4 Å². The highest BCUT2D eigenvalue weighted by molar-refractivity contribution is 6.04. The van der Waals surface area contributed by atoms with Gasteiger partial charge in [-0.3, -0.25) is 19.3 Å². The first-order valence-electron chi connectivity index (χ1n) is 5.27. The maximum Gasteiger partial charge on any atom is 0.323 e. The molecular weight excluding hydrogens is 234 g/mol. The second-order valence-electron chi connectivity index (χ2n) is 3.58. The zero-order chi connectivity index (χ0) is 13.5. The van der Waals surface area contributed by atoms with Crippen LogP contribution in [0.3, 0.4) is 0 Å². The second-order valence-corrected chi connectivity index (χ2v) is 3.58. The van der Waals surface area contributed by atoms with Gasteiger partial charge in [0.2, 0.25) is 5.91 Å². The standard InChI is InChI=1S/C13H13NO4/c1-10(15)14(9-13(17)18)12(16)8-7-11-5-3-2-4-6-11/h2-8H,9H2,1H3,(H,17,18)/b8-7+. The van der Waals surface area contributed by atoms with Gasteiger partial charge in [0, 0.05) is 13.0 Å². The Bertz CT molecular complexity index is 479. The summed E-state index contributed by atoms with van der Waals surface area (Å²) in [4.78, 5) is 34.0. The SMILES string of the molecule is CC(=O)N(CC(=O)O)C(=O)/C=C/c1ccccc1. The van der Waals surface area contributed by atoms with Crippen molar-refractivity contribution in [3.8, 4) is 0 Å². The van der Waals surface area contributed by atoms with Gasteiger partial charge in [0.1, 0.15) is 6.54 Å². The van der Waals surface area contributed by atoms with Crippen molar-refractivity contribution in [1.82, 2.24) is 4.90 Å². The molecule has 5 heteroatoms.